The molecule has 28 heavy (non-hydrogen) atoms. The van der Waals surface area contributed by atoms with Gasteiger partial charge in [-0.3, -0.25) is 15.0 Å². The number of pyridine rings is 1. The predicted octanol–water partition coefficient (Wildman–Crippen LogP) is 0.886. The second-order valence-electron chi connectivity index (χ2n) is 8.32. The fraction of sp³-hybridized carbons (Fsp3) is 0.667. The molecule has 3 fully saturated rings. The van der Waals surface area contributed by atoms with Gasteiger partial charge in [-0.25, -0.2) is 15.8 Å². The third-order valence-electron chi connectivity index (χ3n) is 6.50. The van der Waals surface area contributed by atoms with Crippen molar-refractivity contribution in [1.82, 2.24) is 31.0 Å². The van der Waals surface area contributed by atoms with Gasteiger partial charge in [0, 0.05) is 26.3 Å². The largest absolute Gasteiger partial charge is 0.330 e. The van der Waals surface area contributed by atoms with Crippen LogP contribution in [0.5, 0.6) is 0 Å². The van der Waals surface area contributed by atoms with Crippen molar-refractivity contribution < 1.29 is 4.79 Å². The number of hydrazine groups is 1. The Bertz CT molecular complexity index is 755. The molecule has 0 bridgehead atoms. The van der Waals surface area contributed by atoms with Gasteiger partial charge in [-0.1, -0.05) is 30.1 Å². The summed E-state index contributed by atoms with van der Waals surface area (Å²) in [5.74, 6) is -0.274. The summed E-state index contributed by atoms with van der Waals surface area (Å²) in [6.07, 6.45) is 3.30. The average Bonchev–Trinajstić information content (AvgIpc) is 3.11. The van der Waals surface area contributed by atoms with Crippen molar-refractivity contribution >= 4 is 29.1 Å². The Morgan fingerprint density at radius 1 is 1.32 bits per heavy atom. The minimum absolute atomic E-state index is 0.0624. The highest BCUT2D eigenvalue weighted by atomic mass is 35.5. The number of hydrogen-bond donors (Lipinski definition) is 4. The van der Waals surface area contributed by atoms with E-state index in [0.717, 1.165) is 31.5 Å². The molecule has 0 aliphatic carbocycles. The van der Waals surface area contributed by atoms with Crippen molar-refractivity contribution in [3.8, 4) is 0 Å². The van der Waals surface area contributed by atoms with Gasteiger partial charge in [-0.05, 0) is 36.4 Å². The third-order valence-corrected chi connectivity index (χ3v) is 7.28. The highest BCUT2D eigenvalue weighted by Crippen LogP contribution is 2.38. The quantitative estimate of drug-likeness (QED) is 0.531. The number of aromatic nitrogens is 1. The number of rotatable bonds is 3. The van der Waals surface area contributed by atoms with Crippen molar-refractivity contribution in [3.05, 3.63) is 28.0 Å². The van der Waals surface area contributed by atoms with E-state index < -0.39 is 0 Å². The Hall–Kier alpha value is -1.00. The molecule has 154 valence electrons. The summed E-state index contributed by atoms with van der Waals surface area (Å²) in [5.41, 5.74) is 13.3. The summed E-state index contributed by atoms with van der Waals surface area (Å²) in [4.78, 5) is 21.4. The molecule has 10 heteroatoms. The van der Waals surface area contributed by atoms with Crippen molar-refractivity contribution in [3.63, 3.8) is 0 Å². The van der Waals surface area contributed by atoms with Gasteiger partial charge in [0.15, 0.2) is 0 Å². The number of hydrogen-bond acceptors (Lipinski definition) is 7. The van der Waals surface area contributed by atoms with Crippen LogP contribution in [0.3, 0.4) is 0 Å². The SMILES string of the molecule is CN1C(=O)C2C(NNC2c2ccnc(Cl)c2Cl)NC1N1CCC(C)(CN)CC1. The molecule has 4 unspecified atom stereocenters. The molecule has 0 saturated carbocycles. The van der Waals surface area contributed by atoms with E-state index in [1.165, 1.54) is 0 Å². The van der Waals surface area contributed by atoms with Crippen molar-refractivity contribution in [2.24, 2.45) is 17.1 Å². The number of carbonyl (C=O) groups is 1. The summed E-state index contributed by atoms with van der Waals surface area (Å²) in [5, 5.41) is 4.19. The van der Waals surface area contributed by atoms with Crippen LogP contribution in [-0.2, 0) is 4.79 Å². The molecule has 0 aromatic carbocycles. The van der Waals surface area contributed by atoms with Crippen LogP contribution in [0.2, 0.25) is 10.2 Å². The molecule has 3 aliphatic heterocycles. The lowest BCUT2D eigenvalue weighted by molar-refractivity contribution is -0.151. The van der Waals surface area contributed by atoms with Gasteiger partial charge in [0.25, 0.3) is 0 Å². The first-order valence-electron chi connectivity index (χ1n) is 9.62. The summed E-state index contributed by atoms with van der Waals surface area (Å²) in [6, 6.07) is 1.51. The molecule has 0 spiro atoms. The molecule has 3 saturated heterocycles. The smallest absolute Gasteiger partial charge is 0.232 e. The van der Waals surface area contributed by atoms with Gasteiger partial charge < -0.3 is 10.6 Å². The highest BCUT2D eigenvalue weighted by molar-refractivity contribution is 6.41. The number of piperidine rings is 1. The lowest BCUT2D eigenvalue weighted by atomic mass is 9.80. The fourth-order valence-electron chi connectivity index (χ4n) is 4.42. The maximum Gasteiger partial charge on any atom is 0.232 e. The van der Waals surface area contributed by atoms with Gasteiger partial charge in [-0.2, -0.15) is 0 Å². The van der Waals surface area contributed by atoms with Crippen molar-refractivity contribution in [2.45, 2.75) is 38.3 Å². The Labute approximate surface area is 175 Å². The molecule has 0 radical (unpaired) electrons. The summed E-state index contributed by atoms with van der Waals surface area (Å²) in [7, 11) is 1.85. The second kappa shape index (κ2) is 7.68. The Morgan fingerprint density at radius 2 is 2.04 bits per heavy atom. The molecule has 8 nitrogen and oxygen atoms in total. The average molecular weight is 428 g/mol. The minimum Gasteiger partial charge on any atom is -0.330 e. The Kier molecular flexibility index (Phi) is 5.56. The van der Waals surface area contributed by atoms with Crippen LogP contribution >= 0.6 is 23.2 Å². The first-order chi connectivity index (χ1) is 13.3. The summed E-state index contributed by atoms with van der Waals surface area (Å²) < 4.78 is 0. The Morgan fingerprint density at radius 3 is 2.71 bits per heavy atom. The lowest BCUT2D eigenvalue weighted by Gasteiger charge is -2.49. The molecular formula is C18H27Cl2N7O. The van der Waals surface area contributed by atoms with Gasteiger partial charge in [0.2, 0.25) is 5.91 Å². The van der Waals surface area contributed by atoms with E-state index in [0.29, 0.717) is 11.6 Å². The highest BCUT2D eigenvalue weighted by Gasteiger charge is 2.50. The van der Waals surface area contributed by atoms with Crippen LogP contribution in [0, 0.1) is 11.3 Å². The topological polar surface area (TPSA) is 98.5 Å². The number of nitrogens with two attached hydrogens (primary N) is 1. The maximum absolute atomic E-state index is 13.3. The van der Waals surface area contributed by atoms with Gasteiger partial charge in [-0.15, -0.1) is 0 Å². The number of fused-ring (bicyclic) bond motifs is 1. The van der Waals surface area contributed by atoms with Gasteiger partial charge in [0.05, 0.1) is 23.1 Å². The lowest BCUT2D eigenvalue weighted by Crippen LogP contribution is -2.69. The molecule has 3 aliphatic rings. The van der Waals surface area contributed by atoms with E-state index in [2.05, 4.69) is 33.0 Å². The van der Waals surface area contributed by atoms with Crippen molar-refractivity contribution in [1.29, 1.82) is 0 Å². The number of likely N-dealkylation sites (tertiary alicyclic amines) is 1. The van der Waals surface area contributed by atoms with Crippen LogP contribution < -0.4 is 21.9 Å². The van der Waals surface area contributed by atoms with Crippen LogP contribution in [0.25, 0.3) is 0 Å². The molecule has 4 rings (SSSR count). The first-order valence-corrected chi connectivity index (χ1v) is 10.4. The normalized spacial score (nSPS) is 33.2. The number of halogens is 2. The number of carbonyl (C=O) groups excluding carboxylic acids is 1. The number of amides is 1. The van der Waals surface area contributed by atoms with Crippen LogP contribution in [0.15, 0.2) is 12.3 Å². The minimum atomic E-state index is -0.337. The van der Waals surface area contributed by atoms with E-state index >= 15 is 0 Å². The predicted molar refractivity (Wildman–Crippen MR) is 108 cm³/mol. The molecule has 1 amide bonds. The van der Waals surface area contributed by atoms with Crippen LogP contribution in [0.1, 0.15) is 31.4 Å². The van der Waals surface area contributed by atoms with E-state index in [9.17, 15) is 4.79 Å². The third kappa shape index (κ3) is 3.41. The molecule has 1 aromatic rings. The van der Waals surface area contributed by atoms with E-state index in [4.69, 9.17) is 28.9 Å². The zero-order valence-electron chi connectivity index (χ0n) is 16.1. The zero-order chi connectivity index (χ0) is 20.1. The standard InChI is InChI=1S/C18H27Cl2N7O/c1-18(9-21)4-7-27(8-5-18)17-23-15-11(16(28)26(17)2)13(24-25-15)10-3-6-22-14(20)12(10)19/h3,6,11,13,15,17,23-25H,4-5,7-9,21H2,1-2H3. The maximum atomic E-state index is 13.3. The van der Waals surface area contributed by atoms with Crippen LogP contribution in [-0.4, -0.2) is 59.8 Å². The van der Waals surface area contributed by atoms with E-state index in [-0.39, 0.29) is 40.9 Å². The molecular weight excluding hydrogens is 401 g/mol. The fourth-order valence-corrected chi connectivity index (χ4v) is 4.81. The number of nitrogens with one attached hydrogen (secondary N) is 3. The van der Waals surface area contributed by atoms with Crippen LogP contribution in [0.4, 0.5) is 0 Å². The first kappa shape index (κ1) is 20.3. The van der Waals surface area contributed by atoms with E-state index in [1.807, 2.05) is 7.05 Å². The van der Waals surface area contributed by atoms with Gasteiger partial charge >= 0.3 is 0 Å². The van der Waals surface area contributed by atoms with E-state index in [1.54, 1.807) is 17.2 Å². The van der Waals surface area contributed by atoms with Crippen molar-refractivity contribution in [2.75, 3.05) is 26.7 Å². The molecule has 5 N–H and O–H groups in total. The molecule has 4 atom stereocenters. The molecule has 1 aromatic heterocycles. The second-order valence-corrected chi connectivity index (χ2v) is 9.05. The Balaban J connectivity index is 1.51. The summed E-state index contributed by atoms with van der Waals surface area (Å²) >= 11 is 12.4. The molecule has 4 heterocycles. The zero-order valence-corrected chi connectivity index (χ0v) is 17.6. The number of nitrogens with zero attached hydrogens (tertiary/aromatic N) is 3. The summed E-state index contributed by atoms with van der Waals surface area (Å²) in [6.45, 7) is 4.74. The van der Waals surface area contributed by atoms with Gasteiger partial charge in [0.1, 0.15) is 11.4 Å². The monoisotopic (exact) mass is 427 g/mol.